The van der Waals surface area contributed by atoms with E-state index in [2.05, 4.69) is 5.32 Å². The zero-order valence-corrected chi connectivity index (χ0v) is 24.4. The number of piperidine rings is 1. The van der Waals surface area contributed by atoms with Crippen molar-refractivity contribution < 1.29 is 29.0 Å². The van der Waals surface area contributed by atoms with Crippen molar-refractivity contribution in [3.63, 3.8) is 0 Å². The van der Waals surface area contributed by atoms with Crippen LogP contribution in [0.3, 0.4) is 0 Å². The Morgan fingerprint density at radius 2 is 1.93 bits per heavy atom. The number of nitrogens with one attached hydrogen (secondary N) is 1. The number of benzene rings is 2. The van der Waals surface area contributed by atoms with E-state index in [1.165, 1.54) is 0 Å². The van der Waals surface area contributed by atoms with Crippen LogP contribution in [0, 0.1) is 5.92 Å². The molecule has 214 valence electrons. The van der Waals surface area contributed by atoms with Crippen LogP contribution in [0.15, 0.2) is 48.5 Å². The molecule has 2 aromatic rings. The molecule has 3 aliphatic heterocycles. The molecule has 5 rings (SSSR count). The molecule has 0 aromatic heterocycles. The van der Waals surface area contributed by atoms with Gasteiger partial charge in [-0.25, -0.2) is 0 Å². The molecule has 9 nitrogen and oxygen atoms in total. The van der Waals surface area contributed by atoms with E-state index >= 15 is 0 Å². The van der Waals surface area contributed by atoms with Crippen molar-refractivity contribution in [2.24, 2.45) is 5.92 Å². The number of carbonyl (C=O) groups is 3. The molecule has 0 unspecified atom stereocenters. The van der Waals surface area contributed by atoms with E-state index in [1.807, 2.05) is 68.5 Å². The van der Waals surface area contributed by atoms with E-state index in [9.17, 15) is 24.3 Å². The Morgan fingerprint density at radius 3 is 2.60 bits per heavy atom. The van der Waals surface area contributed by atoms with Gasteiger partial charge in [0.1, 0.15) is 0 Å². The van der Waals surface area contributed by atoms with Crippen molar-refractivity contribution in [1.82, 2.24) is 4.90 Å². The van der Waals surface area contributed by atoms with Crippen LogP contribution in [0.2, 0.25) is 18.6 Å². The fourth-order valence-electron chi connectivity index (χ4n) is 6.85. The van der Waals surface area contributed by atoms with Crippen LogP contribution in [0.4, 0.5) is 11.4 Å². The number of aliphatic hydroxyl groups excluding tert-OH is 1. The van der Waals surface area contributed by atoms with E-state index in [0.29, 0.717) is 30.8 Å². The second kappa shape index (κ2) is 11.1. The lowest BCUT2D eigenvalue weighted by Crippen LogP contribution is -2.44. The van der Waals surface area contributed by atoms with Crippen LogP contribution in [0.25, 0.3) is 0 Å². The molecule has 2 aromatic carbocycles. The van der Waals surface area contributed by atoms with Crippen molar-refractivity contribution in [2.75, 3.05) is 29.9 Å². The number of ether oxygens (including phenoxy) is 1. The summed E-state index contributed by atoms with van der Waals surface area (Å²) in [5.41, 5.74) is 1.16. The number of amides is 3. The highest BCUT2D eigenvalue weighted by Gasteiger charge is 2.65. The van der Waals surface area contributed by atoms with Gasteiger partial charge >= 0.3 is 0 Å². The average molecular weight is 566 g/mol. The normalized spacial score (nSPS) is 26.2. The van der Waals surface area contributed by atoms with Gasteiger partial charge in [0, 0.05) is 54.5 Å². The van der Waals surface area contributed by atoms with Gasteiger partial charge in [0.25, 0.3) is 5.91 Å². The Kier molecular flexibility index (Phi) is 7.89. The van der Waals surface area contributed by atoms with E-state index in [4.69, 9.17) is 4.74 Å². The second-order valence-electron chi connectivity index (χ2n) is 11.8. The molecule has 0 aliphatic carbocycles. The smallest absolute Gasteiger partial charge is 0.261 e. The summed E-state index contributed by atoms with van der Waals surface area (Å²) in [5, 5.41) is 12.6. The number of nitrogens with zero attached hydrogens (tertiary/aromatic N) is 2. The highest BCUT2D eigenvalue weighted by Crippen LogP contribution is 2.58. The van der Waals surface area contributed by atoms with Gasteiger partial charge in [-0.1, -0.05) is 37.3 Å². The second-order valence-corrected chi connectivity index (χ2v) is 15.7. The number of aliphatic hydroxyl groups is 1. The molecule has 2 fully saturated rings. The topological polar surface area (TPSA) is 119 Å². The Labute approximate surface area is 236 Å². The van der Waals surface area contributed by atoms with Gasteiger partial charge in [-0.3, -0.25) is 14.4 Å². The van der Waals surface area contributed by atoms with E-state index in [1.54, 1.807) is 9.80 Å². The van der Waals surface area contributed by atoms with Crippen molar-refractivity contribution in [3.8, 4) is 0 Å². The first kappa shape index (κ1) is 28.5. The molecule has 2 saturated heterocycles. The molecule has 40 heavy (non-hydrogen) atoms. The summed E-state index contributed by atoms with van der Waals surface area (Å²) >= 11 is 0. The monoisotopic (exact) mass is 565 g/mol. The Morgan fingerprint density at radius 1 is 1.18 bits per heavy atom. The van der Waals surface area contributed by atoms with Gasteiger partial charge in [-0.15, -0.1) is 0 Å². The highest BCUT2D eigenvalue weighted by molar-refractivity contribution is 6.71. The minimum Gasteiger partial charge on any atom is -0.432 e. The minimum atomic E-state index is -2.94. The van der Waals surface area contributed by atoms with Crippen molar-refractivity contribution in [1.29, 1.82) is 0 Å². The Bertz CT molecular complexity index is 1280. The van der Waals surface area contributed by atoms with Crippen molar-refractivity contribution in [2.45, 2.75) is 69.5 Å². The van der Waals surface area contributed by atoms with E-state index in [-0.39, 0.29) is 37.3 Å². The number of anilines is 2. The van der Waals surface area contributed by atoms with Gasteiger partial charge in [0.2, 0.25) is 11.8 Å². The molecule has 4 atom stereocenters. The fraction of sp³-hybridized carbons (Fsp3) is 0.500. The maximum Gasteiger partial charge on any atom is 0.261 e. The summed E-state index contributed by atoms with van der Waals surface area (Å²) in [6.45, 7) is 6.52. The molecular formula is C30H39N3O6Si. The largest absolute Gasteiger partial charge is 0.432 e. The number of carbonyl (C=O) groups excluding carboxylic acids is 3. The standard InChI is InChI=1S/C30H39N3O6Si/c1-20-28(40(2,3)38)25(18-27(36)32(15-16-34)19-21-9-5-4-6-10-21)39-30(20)23-17-22(12-13-24(23)31-29(30)37)33-14-8-7-11-26(33)35/h4-6,9-10,12-13,17,20,25,28,34,38H,7-8,11,14-16,18-19H2,1-3H3,(H,31,37)/t20-,25+,28-,30+/m1/s1. The number of fused-ring (bicyclic) bond motifs is 2. The van der Waals surface area contributed by atoms with Crippen LogP contribution in [-0.2, 0) is 31.3 Å². The quantitative estimate of drug-likeness (QED) is 0.423. The lowest BCUT2D eigenvalue weighted by atomic mass is 9.82. The molecule has 3 heterocycles. The third-order valence-electron chi connectivity index (χ3n) is 8.67. The van der Waals surface area contributed by atoms with Crippen LogP contribution in [-0.4, -0.2) is 66.6 Å². The van der Waals surface area contributed by atoms with Crippen molar-refractivity contribution in [3.05, 3.63) is 59.7 Å². The summed E-state index contributed by atoms with van der Waals surface area (Å²) in [7, 11) is -2.94. The average Bonchev–Trinajstić information content (AvgIpc) is 3.37. The van der Waals surface area contributed by atoms with E-state index < -0.39 is 31.5 Å². The van der Waals surface area contributed by atoms with Crippen LogP contribution in [0.5, 0.6) is 0 Å². The molecule has 0 radical (unpaired) electrons. The molecule has 0 saturated carbocycles. The summed E-state index contributed by atoms with van der Waals surface area (Å²) in [6.07, 6.45) is 1.57. The molecule has 3 aliphatic rings. The van der Waals surface area contributed by atoms with Gasteiger partial charge in [0.05, 0.1) is 19.1 Å². The predicted molar refractivity (Wildman–Crippen MR) is 154 cm³/mol. The van der Waals surface area contributed by atoms with E-state index in [0.717, 1.165) is 24.1 Å². The zero-order valence-electron chi connectivity index (χ0n) is 23.4. The first-order valence-electron chi connectivity index (χ1n) is 14.2. The Balaban J connectivity index is 1.47. The third kappa shape index (κ3) is 5.09. The number of hydrogen-bond donors (Lipinski definition) is 3. The SMILES string of the molecule is C[C@@H]1[C@@H]([Si](C)(C)O)[C@H](CC(=O)N(CCO)Cc2ccccc2)O[C@@]12C(=O)Nc1ccc(N3CCCCC3=O)cc12. The van der Waals surface area contributed by atoms with Gasteiger partial charge in [-0.2, -0.15) is 0 Å². The van der Waals surface area contributed by atoms with Gasteiger partial charge < -0.3 is 29.8 Å². The predicted octanol–water partition coefficient (Wildman–Crippen LogP) is 3.36. The summed E-state index contributed by atoms with van der Waals surface area (Å²) in [4.78, 5) is 54.8. The molecular weight excluding hydrogens is 526 g/mol. The molecule has 3 amide bonds. The first-order valence-corrected chi connectivity index (χ1v) is 17.2. The first-order chi connectivity index (χ1) is 19.1. The van der Waals surface area contributed by atoms with Gasteiger partial charge in [-0.05, 0) is 49.7 Å². The number of hydrogen-bond acceptors (Lipinski definition) is 6. The fourth-order valence-corrected chi connectivity index (χ4v) is 9.40. The maximum atomic E-state index is 13.7. The highest BCUT2D eigenvalue weighted by atomic mass is 28.4. The van der Waals surface area contributed by atoms with Gasteiger partial charge in [0.15, 0.2) is 13.9 Å². The summed E-state index contributed by atoms with van der Waals surface area (Å²) in [6, 6.07) is 15.1. The third-order valence-corrected chi connectivity index (χ3v) is 11.2. The molecule has 3 N–H and O–H groups in total. The van der Waals surface area contributed by atoms with Crippen LogP contribution in [0.1, 0.15) is 43.7 Å². The summed E-state index contributed by atoms with van der Waals surface area (Å²) in [5.74, 6) is -0.870. The van der Waals surface area contributed by atoms with Crippen LogP contribution < -0.4 is 10.2 Å². The number of rotatable bonds is 8. The van der Waals surface area contributed by atoms with Crippen molar-refractivity contribution >= 4 is 37.4 Å². The summed E-state index contributed by atoms with van der Waals surface area (Å²) < 4.78 is 6.67. The molecule has 10 heteroatoms. The van der Waals surface area contributed by atoms with Crippen LogP contribution >= 0.6 is 0 Å². The minimum absolute atomic E-state index is 0.0203. The molecule has 0 bridgehead atoms. The molecule has 1 spiro atoms. The Hall–Kier alpha value is -3.05. The lowest BCUT2D eigenvalue weighted by Gasteiger charge is -2.33. The maximum absolute atomic E-state index is 13.7. The lowest BCUT2D eigenvalue weighted by molar-refractivity contribution is -0.148. The zero-order chi connectivity index (χ0) is 28.7.